The lowest BCUT2D eigenvalue weighted by atomic mass is 10.1. The predicted octanol–water partition coefficient (Wildman–Crippen LogP) is 4.96. The lowest BCUT2D eigenvalue weighted by Gasteiger charge is -2.11. The number of thioether (sulfide) groups is 1. The quantitative estimate of drug-likeness (QED) is 0.378. The van der Waals surface area contributed by atoms with Crippen LogP contribution in [-0.4, -0.2) is 21.9 Å². The van der Waals surface area contributed by atoms with Crippen LogP contribution in [0.25, 0.3) is 0 Å². The molecule has 2 aromatic carbocycles. The van der Waals surface area contributed by atoms with Crippen molar-refractivity contribution in [2.75, 3.05) is 7.11 Å². The van der Waals surface area contributed by atoms with Gasteiger partial charge in [0, 0.05) is 17.9 Å². The predicted molar refractivity (Wildman–Crippen MR) is 113 cm³/mol. The van der Waals surface area contributed by atoms with Crippen molar-refractivity contribution in [3.8, 4) is 11.5 Å². The van der Waals surface area contributed by atoms with Crippen LogP contribution in [0.5, 0.6) is 11.5 Å². The number of hydrogen-bond acceptors (Lipinski definition) is 5. The largest absolute Gasteiger partial charge is 0.496 e. The number of methoxy groups -OCH3 is 1. The van der Waals surface area contributed by atoms with Gasteiger partial charge >= 0.3 is 0 Å². The van der Waals surface area contributed by atoms with Crippen LogP contribution >= 0.6 is 11.8 Å². The van der Waals surface area contributed by atoms with Gasteiger partial charge in [0.15, 0.2) is 11.0 Å². The second kappa shape index (κ2) is 9.46. The van der Waals surface area contributed by atoms with Crippen molar-refractivity contribution in [1.82, 2.24) is 14.8 Å². The molecule has 0 saturated carbocycles. The molecule has 6 heteroatoms. The molecule has 0 N–H and O–H groups in total. The van der Waals surface area contributed by atoms with Gasteiger partial charge in [-0.3, -0.25) is 4.57 Å². The number of aryl methyl sites for hydroxylation is 2. The first-order valence-electron chi connectivity index (χ1n) is 9.09. The fraction of sp³-hybridized carbons (Fsp3) is 0.273. The molecule has 0 amide bonds. The van der Waals surface area contributed by atoms with Gasteiger partial charge in [-0.15, -0.1) is 16.8 Å². The number of ether oxygens (including phenoxy) is 2. The SMILES string of the molecule is C=CCn1c(COc2cccc(C)c2)nnc1SCc1cc(C)ccc1OC. The summed E-state index contributed by atoms with van der Waals surface area (Å²) in [4.78, 5) is 0. The average molecular weight is 396 g/mol. The molecule has 3 aromatic rings. The maximum atomic E-state index is 5.90. The second-order valence-corrected chi connectivity index (χ2v) is 7.45. The molecule has 0 aliphatic carbocycles. The number of nitrogens with zero attached hydrogens (tertiary/aromatic N) is 3. The van der Waals surface area contributed by atoms with Crippen LogP contribution < -0.4 is 9.47 Å². The van der Waals surface area contributed by atoms with Crippen LogP contribution in [0.1, 0.15) is 22.5 Å². The fourth-order valence-corrected chi connectivity index (χ4v) is 3.80. The van der Waals surface area contributed by atoms with Gasteiger partial charge in [0.05, 0.1) is 7.11 Å². The van der Waals surface area contributed by atoms with Crippen molar-refractivity contribution in [1.29, 1.82) is 0 Å². The Kier molecular flexibility index (Phi) is 6.76. The monoisotopic (exact) mass is 395 g/mol. The molecule has 0 radical (unpaired) electrons. The van der Waals surface area contributed by atoms with Gasteiger partial charge in [0.2, 0.25) is 0 Å². The molecule has 0 aliphatic heterocycles. The summed E-state index contributed by atoms with van der Waals surface area (Å²) in [6, 6.07) is 14.2. The van der Waals surface area contributed by atoms with Crippen molar-refractivity contribution in [2.24, 2.45) is 0 Å². The third-order valence-corrected chi connectivity index (χ3v) is 5.27. The van der Waals surface area contributed by atoms with Gasteiger partial charge in [-0.05, 0) is 37.6 Å². The Bertz CT molecular complexity index is 953. The van der Waals surface area contributed by atoms with Gasteiger partial charge in [-0.1, -0.05) is 47.7 Å². The third-order valence-electron chi connectivity index (χ3n) is 4.26. The normalized spacial score (nSPS) is 10.7. The summed E-state index contributed by atoms with van der Waals surface area (Å²) in [5.74, 6) is 3.24. The molecule has 0 bridgehead atoms. The molecule has 1 aromatic heterocycles. The Hall–Kier alpha value is -2.73. The van der Waals surface area contributed by atoms with E-state index in [9.17, 15) is 0 Å². The van der Waals surface area contributed by atoms with Crippen molar-refractivity contribution in [2.45, 2.75) is 37.9 Å². The fourth-order valence-electron chi connectivity index (χ4n) is 2.86. The Morgan fingerprint density at radius 3 is 2.68 bits per heavy atom. The zero-order chi connectivity index (χ0) is 19.9. The Morgan fingerprint density at radius 2 is 1.93 bits per heavy atom. The number of aromatic nitrogens is 3. The van der Waals surface area contributed by atoms with E-state index in [-0.39, 0.29) is 0 Å². The van der Waals surface area contributed by atoms with Crippen molar-refractivity contribution >= 4 is 11.8 Å². The zero-order valence-electron chi connectivity index (χ0n) is 16.5. The van der Waals surface area contributed by atoms with E-state index in [4.69, 9.17) is 9.47 Å². The van der Waals surface area contributed by atoms with Gasteiger partial charge < -0.3 is 9.47 Å². The number of hydrogen-bond donors (Lipinski definition) is 0. The van der Waals surface area contributed by atoms with Gasteiger partial charge in [-0.2, -0.15) is 0 Å². The smallest absolute Gasteiger partial charge is 0.191 e. The molecule has 0 unspecified atom stereocenters. The molecule has 28 heavy (non-hydrogen) atoms. The third kappa shape index (κ3) is 4.95. The van der Waals surface area contributed by atoms with E-state index in [1.165, 1.54) is 5.56 Å². The lowest BCUT2D eigenvalue weighted by molar-refractivity contribution is 0.289. The molecule has 146 valence electrons. The minimum Gasteiger partial charge on any atom is -0.496 e. The first-order valence-corrected chi connectivity index (χ1v) is 10.1. The van der Waals surface area contributed by atoms with Crippen LogP contribution in [0.15, 0.2) is 60.3 Å². The molecule has 5 nitrogen and oxygen atoms in total. The molecule has 1 heterocycles. The minimum absolute atomic E-state index is 0.360. The van der Waals surface area contributed by atoms with E-state index in [1.807, 2.05) is 54.0 Å². The van der Waals surface area contributed by atoms with Crippen molar-refractivity contribution in [3.63, 3.8) is 0 Å². The standard InChI is InChI=1S/C22H25N3O2S/c1-5-11-25-21(14-27-19-8-6-7-16(2)13-19)23-24-22(25)28-15-18-12-17(3)9-10-20(18)26-4/h5-10,12-13H,1,11,14-15H2,2-4H3. The molecule has 0 fully saturated rings. The maximum Gasteiger partial charge on any atom is 0.191 e. The summed E-state index contributed by atoms with van der Waals surface area (Å²) >= 11 is 1.63. The van der Waals surface area contributed by atoms with Crippen LogP contribution in [0.3, 0.4) is 0 Å². The summed E-state index contributed by atoms with van der Waals surface area (Å²) in [5, 5.41) is 9.54. The summed E-state index contributed by atoms with van der Waals surface area (Å²) in [7, 11) is 1.69. The molecule has 0 saturated heterocycles. The summed E-state index contributed by atoms with van der Waals surface area (Å²) < 4.78 is 13.4. The van der Waals surface area contributed by atoms with Crippen molar-refractivity contribution in [3.05, 3.63) is 77.6 Å². The number of rotatable bonds is 9. The van der Waals surface area contributed by atoms with E-state index >= 15 is 0 Å². The summed E-state index contributed by atoms with van der Waals surface area (Å²) in [6.07, 6.45) is 1.84. The maximum absolute atomic E-state index is 5.90. The Labute approximate surface area is 170 Å². The van der Waals surface area contributed by atoms with Crippen LogP contribution in [0.2, 0.25) is 0 Å². The lowest BCUT2D eigenvalue weighted by Crippen LogP contribution is -2.07. The average Bonchev–Trinajstić information content (AvgIpc) is 3.07. The second-order valence-electron chi connectivity index (χ2n) is 6.51. The first kappa shape index (κ1) is 20.0. The van der Waals surface area contributed by atoms with Gasteiger partial charge in [0.1, 0.15) is 18.1 Å². The highest BCUT2D eigenvalue weighted by Gasteiger charge is 2.14. The first-order chi connectivity index (χ1) is 13.6. The Morgan fingerprint density at radius 1 is 1.11 bits per heavy atom. The molecule has 0 aliphatic rings. The van der Waals surface area contributed by atoms with Crippen LogP contribution in [0.4, 0.5) is 0 Å². The molecular formula is C22H25N3O2S. The van der Waals surface area contributed by atoms with Crippen molar-refractivity contribution < 1.29 is 9.47 Å². The van der Waals surface area contributed by atoms with E-state index in [2.05, 4.69) is 29.8 Å². The number of benzene rings is 2. The van der Waals surface area contributed by atoms with Crippen LogP contribution in [-0.2, 0) is 18.9 Å². The highest BCUT2D eigenvalue weighted by atomic mass is 32.2. The molecule has 0 spiro atoms. The highest BCUT2D eigenvalue weighted by Crippen LogP contribution is 2.28. The van der Waals surface area contributed by atoms with Gasteiger partial charge in [0.25, 0.3) is 0 Å². The minimum atomic E-state index is 0.360. The summed E-state index contributed by atoms with van der Waals surface area (Å²) in [5.41, 5.74) is 3.50. The molecule has 0 atom stereocenters. The van der Waals surface area contributed by atoms with Crippen LogP contribution in [0, 0.1) is 13.8 Å². The molecular weight excluding hydrogens is 370 g/mol. The zero-order valence-corrected chi connectivity index (χ0v) is 17.3. The Balaban J connectivity index is 1.73. The highest BCUT2D eigenvalue weighted by molar-refractivity contribution is 7.98. The van der Waals surface area contributed by atoms with Gasteiger partial charge in [-0.25, -0.2) is 0 Å². The van der Waals surface area contributed by atoms with E-state index in [0.717, 1.165) is 39.4 Å². The van der Waals surface area contributed by atoms with E-state index in [1.54, 1.807) is 18.9 Å². The number of allylic oxidation sites excluding steroid dienone is 1. The topological polar surface area (TPSA) is 49.2 Å². The van der Waals surface area contributed by atoms with E-state index < -0.39 is 0 Å². The van der Waals surface area contributed by atoms with E-state index in [0.29, 0.717) is 13.2 Å². The molecule has 3 rings (SSSR count). The summed E-state index contributed by atoms with van der Waals surface area (Å²) in [6.45, 7) is 8.97.